The van der Waals surface area contributed by atoms with E-state index in [1.807, 2.05) is 6.92 Å². The highest BCUT2D eigenvalue weighted by atomic mass is 16.6. The number of pyridine rings is 1. The van der Waals surface area contributed by atoms with E-state index in [9.17, 15) is 14.4 Å². The predicted octanol–water partition coefficient (Wildman–Crippen LogP) is 2.66. The second-order valence-corrected chi connectivity index (χ2v) is 7.92. The summed E-state index contributed by atoms with van der Waals surface area (Å²) in [5.41, 5.74) is -1.39. The number of aromatic nitrogens is 1. The average Bonchev–Trinajstić information content (AvgIpc) is 3.10. The van der Waals surface area contributed by atoms with Crippen LogP contribution in [0.3, 0.4) is 0 Å². The van der Waals surface area contributed by atoms with E-state index in [4.69, 9.17) is 14.2 Å². The van der Waals surface area contributed by atoms with Crippen LogP contribution in [0.4, 0.5) is 10.5 Å². The van der Waals surface area contributed by atoms with Gasteiger partial charge >= 0.3 is 12.1 Å². The van der Waals surface area contributed by atoms with Crippen molar-refractivity contribution in [3.63, 3.8) is 0 Å². The van der Waals surface area contributed by atoms with E-state index in [0.29, 0.717) is 25.3 Å². The molecule has 2 amide bonds. The Hall–Kier alpha value is -2.68. The van der Waals surface area contributed by atoms with Crippen LogP contribution in [-0.2, 0) is 19.0 Å². The molecule has 1 fully saturated rings. The van der Waals surface area contributed by atoms with Gasteiger partial charge in [-0.3, -0.25) is 15.1 Å². The Labute approximate surface area is 170 Å². The number of hydrogen-bond acceptors (Lipinski definition) is 7. The van der Waals surface area contributed by atoms with E-state index >= 15 is 0 Å². The van der Waals surface area contributed by atoms with Crippen LogP contribution in [0.5, 0.6) is 0 Å². The maximum Gasteiger partial charge on any atom is 0.412 e. The molecule has 0 unspecified atom stereocenters. The van der Waals surface area contributed by atoms with Crippen LogP contribution < -0.4 is 10.6 Å². The van der Waals surface area contributed by atoms with Gasteiger partial charge in [-0.1, -0.05) is 13.3 Å². The maximum absolute atomic E-state index is 12.7. The lowest BCUT2D eigenvalue weighted by molar-refractivity contribution is -0.151. The Bertz CT molecular complexity index is 738. The molecule has 9 heteroatoms. The van der Waals surface area contributed by atoms with E-state index in [1.54, 1.807) is 20.8 Å². The molecule has 1 aromatic rings. The number of unbranched alkanes of at least 4 members (excludes halogenated alkanes) is 1. The van der Waals surface area contributed by atoms with Crippen molar-refractivity contribution in [1.29, 1.82) is 0 Å². The summed E-state index contributed by atoms with van der Waals surface area (Å²) in [6, 6.07) is 1.46. The molecule has 2 N–H and O–H groups in total. The summed E-state index contributed by atoms with van der Waals surface area (Å²) in [6.07, 6.45) is 4.06. The van der Waals surface area contributed by atoms with Gasteiger partial charge in [0, 0.05) is 19.2 Å². The number of hydrogen-bond donors (Lipinski definition) is 2. The van der Waals surface area contributed by atoms with Crippen LogP contribution in [-0.4, -0.2) is 53.9 Å². The first kappa shape index (κ1) is 22.6. The number of carbonyl (C=O) groups is 3. The smallest absolute Gasteiger partial charge is 0.412 e. The van der Waals surface area contributed by atoms with Crippen molar-refractivity contribution in [2.24, 2.45) is 0 Å². The van der Waals surface area contributed by atoms with Crippen molar-refractivity contribution >= 4 is 23.7 Å². The van der Waals surface area contributed by atoms with Crippen molar-refractivity contribution in [3.8, 4) is 0 Å². The summed E-state index contributed by atoms with van der Waals surface area (Å²) in [6.45, 7) is 7.93. The summed E-state index contributed by atoms with van der Waals surface area (Å²) in [5, 5.41) is 5.27. The fourth-order valence-electron chi connectivity index (χ4n) is 2.67. The number of nitrogens with zero attached hydrogens (tertiary/aromatic N) is 1. The van der Waals surface area contributed by atoms with Crippen molar-refractivity contribution in [3.05, 3.63) is 24.0 Å². The molecule has 0 bridgehead atoms. The molecular weight excluding hydrogens is 378 g/mol. The Morgan fingerprint density at radius 3 is 2.66 bits per heavy atom. The third-order valence-electron chi connectivity index (χ3n) is 4.14. The number of ether oxygens (including phenoxy) is 3. The molecule has 0 aliphatic carbocycles. The van der Waals surface area contributed by atoms with Gasteiger partial charge in [0.2, 0.25) is 0 Å². The van der Waals surface area contributed by atoms with Gasteiger partial charge in [0.1, 0.15) is 5.60 Å². The zero-order valence-corrected chi connectivity index (χ0v) is 17.4. The van der Waals surface area contributed by atoms with Crippen LogP contribution in [0.25, 0.3) is 0 Å². The van der Waals surface area contributed by atoms with E-state index in [-0.39, 0.29) is 12.2 Å². The fraction of sp³-hybridized carbons (Fsp3) is 0.600. The first-order valence-electron chi connectivity index (χ1n) is 9.68. The van der Waals surface area contributed by atoms with E-state index < -0.39 is 29.1 Å². The SMILES string of the molecule is CCCCOC(=O)[C@]1(NC(=O)c2cncc(NC(=O)OC(C)(C)C)c2)CCOC1. The Morgan fingerprint density at radius 2 is 2.03 bits per heavy atom. The molecule has 2 heterocycles. The minimum Gasteiger partial charge on any atom is -0.464 e. The molecule has 2 rings (SSSR count). The van der Waals surface area contributed by atoms with Crippen LogP contribution in [0.1, 0.15) is 57.3 Å². The number of carbonyl (C=O) groups excluding carboxylic acids is 3. The highest BCUT2D eigenvalue weighted by Crippen LogP contribution is 2.22. The van der Waals surface area contributed by atoms with E-state index in [0.717, 1.165) is 12.8 Å². The second kappa shape index (κ2) is 9.69. The molecule has 29 heavy (non-hydrogen) atoms. The Morgan fingerprint density at radius 1 is 1.28 bits per heavy atom. The lowest BCUT2D eigenvalue weighted by Gasteiger charge is -2.26. The minimum absolute atomic E-state index is 0.0486. The van der Waals surface area contributed by atoms with Gasteiger partial charge in [0.05, 0.1) is 30.7 Å². The molecule has 0 saturated carbocycles. The van der Waals surface area contributed by atoms with Crippen LogP contribution in [0.15, 0.2) is 18.5 Å². The Balaban J connectivity index is 2.07. The molecule has 0 aromatic carbocycles. The molecule has 1 atom stereocenters. The van der Waals surface area contributed by atoms with Crippen LogP contribution in [0, 0.1) is 0 Å². The highest BCUT2D eigenvalue weighted by molar-refractivity contribution is 5.99. The number of esters is 1. The number of nitrogens with one attached hydrogen (secondary N) is 2. The van der Waals surface area contributed by atoms with Crippen molar-refractivity contribution < 1.29 is 28.6 Å². The van der Waals surface area contributed by atoms with Crippen LogP contribution in [0.2, 0.25) is 0 Å². The van der Waals surface area contributed by atoms with Gasteiger partial charge in [0.15, 0.2) is 5.54 Å². The second-order valence-electron chi connectivity index (χ2n) is 7.92. The van der Waals surface area contributed by atoms with Crippen LogP contribution >= 0.6 is 0 Å². The van der Waals surface area contributed by atoms with Crippen molar-refractivity contribution in [2.45, 2.75) is 58.1 Å². The molecule has 1 aromatic heterocycles. The quantitative estimate of drug-likeness (QED) is 0.527. The Kier molecular flexibility index (Phi) is 7.55. The molecular formula is C20H29N3O6. The van der Waals surface area contributed by atoms with Gasteiger partial charge in [-0.05, 0) is 33.3 Å². The molecule has 0 spiro atoms. The minimum atomic E-state index is -1.22. The normalized spacial score (nSPS) is 18.8. The molecule has 0 radical (unpaired) electrons. The number of rotatable bonds is 7. The van der Waals surface area contributed by atoms with E-state index in [2.05, 4.69) is 15.6 Å². The zero-order chi connectivity index (χ0) is 21.5. The van der Waals surface area contributed by atoms with Crippen molar-refractivity contribution in [1.82, 2.24) is 10.3 Å². The fourth-order valence-corrected chi connectivity index (χ4v) is 2.67. The first-order valence-corrected chi connectivity index (χ1v) is 9.68. The summed E-state index contributed by atoms with van der Waals surface area (Å²) in [7, 11) is 0. The first-order chi connectivity index (χ1) is 13.6. The third-order valence-corrected chi connectivity index (χ3v) is 4.14. The molecule has 1 aliphatic heterocycles. The predicted molar refractivity (Wildman–Crippen MR) is 106 cm³/mol. The average molecular weight is 407 g/mol. The summed E-state index contributed by atoms with van der Waals surface area (Å²) in [4.78, 5) is 41.2. The maximum atomic E-state index is 12.7. The topological polar surface area (TPSA) is 116 Å². The molecule has 1 aliphatic rings. The molecule has 1 saturated heterocycles. The van der Waals surface area contributed by atoms with Gasteiger partial charge in [-0.2, -0.15) is 0 Å². The molecule has 160 valence electrons. The van der Waals surface area contributed by atoms with E-state index in [1.165, 1.54) is 18.5 Å². The standard InChI is InChI=1S/C20H29N3O6/c1-5-6-8-28-17(25)20(7-9-27-13-20)23-16(24)14-10-15(12-21-11-14)22-18(26)29-19(2,3)4/h10-12H,5-9,13H2,1-4H3,(H,22,26)(H,23,24)/t20-/m0/s1. The largest absolute Gasteiger partial charge is 0.464 e. The van der Waals surface area contributed by atoms with Gasteiger partial charge in [-0.25, -0.2) is 9.59 Å². The van der Waals surface area contributed by atoms with Gasteiger partial charge in [-0.15, -0.1) is 0 Å². The van der Waals surface area contributed by atoms with Gasteiger partial charge < -0.3 is 19.5 Å². The van der Waals surface area contributed by atoms with Gasteiger partial charge in [0.25, 0.3) is 5.91 Å². The molecule has 9 nitrogen and oxygen atoms in total. The summed E-state index contributed by atoms with van der Waals surface area (Å²) >= 11 is 0. The summed E-state index contributed by atoms with van der Waals surface area (Å²) in [5.74, 6) is -1.02. The monoisotopic (exact) mass is 407 g/mol. The lowest BCUT2D eigenvalue weighted by Crippen LogP contribution is -2.56. The number of anilines is 1. The zero-order valence-electron chi connectivity index (χ0n) is 17.4. The number of amides is 2. The third kappa shape index (κ3) is 6.70. The van der Waals surface area contributed by atoms with Crippen molar-refractivity contribution in [2.75, 3.05) is 25.1 Å². The lowest BCUT2D eigenvalue weighted by atomic mass is 9.98. The summed E-state index contributed by atoms with van der Waals surface area (Å²) < 4.78 is 15.8. The highest BCUT2D eigenvalue weighted by Gasteiger charge is 2.45.